The van der Waals surface area contributed by atoms with E-state index in [0.717, 1.165) is 12.8 Å². The Labute approximate surface area is 183 Å². The van der Waals surface area contributed by atoms with Crippen molar-refractivity contribution in [2.45, 2.75) is 128 Å². The molecule has 0 unspecified atom stereocenters. The zero-order chi connectivity index (χ0) is 21.7. The van der Waals surface area contributed by atoms with Gasteiger partial charge in [-0.3, -0.25) is 14.0 Å². The number of hydrogen-bond donors (Lipinski definition) is 2. The number of hydrogen-bond acceptors (Lipinski definition) is 4. The summed E-state index contributed by atoms with van der Waals surface area (Å²) in [4.78, 5) is 27.6. The van der Waals surface area contributed by atoms with E-state index in [1.54, 1.807) is 0 Å². The quantitative estimate of drug-likeness (QED) is 0.254. The van der Waals surface area contributed by atoms with Gasteiger partial charge in [-0.1, -0.05) is 77.5 Å². The smallest absolute Gasteiger partial charge is 0.307 e. The summed E-state index contributed by atoms with van der Waals surface area (Å²) in [5.74, 6) is -0.0592. The largest absolute Gasteiger partial charge is 0.337 e. The SMILES string of the molecule is CCCCCCCCCCCCN1C(=O)N(S)C2(CC(C)(C)NC(C)(C)C2)C1=O. The van der Waals surface area contributed by atoms with Gasteiger partial charge >= 0.3 is 6.03 Å². The molecule has 2 aliphatic heterocycles. The number of imide groups is 1. The highest BCUT2D eigenvalue weighted by molar-refractivity contribution is 7.78. The summed E-state index contributed by atoms with van der Waals surface area (Å²) < 4.78 is 1.43. The van der Waals surface area contributed by atoms with Gasteiger partial charge in [0, 0.05) is 17.6 Å². The third-order valence-corrected chi connectivity index (χ3v) is 6.90. The van der Waals surface area contributed by atoms with Gasteiger partial charge in [-0.25, -0.2) is 4.79 Å². The van der Waals surface area contributed by atoms with Gasteiger partial charge in [0.15, 0.2) is 0 Å². The molecule has 2 rings (SSSR count). The molecule has 0 bridgehead atoms. The summed E-state index contributed by atoms with van der Waals surface area (Å²) in [6.45, 7) is 11.2. The highest BCUT2D eigenvalue weighted by Crippen LogP contribution is 2.45. The first-order valence-electron chi connectivity index (χ1n) is 11.7. The van der Waals surface area contributed by atoms with Crippen LogP contribution in [0.1, 0.15) is 112 Å². The third-order valence-electron chi connectivity index (χ3n) is 6.34. The van der Waals surface area contributed by atoms with E-state index in [9.17, 15) is 9.59 Å². The maximum atomic E-state index is 13.4. The van der Waals surface area contributed by atoms with Crippen molar-refractivity contribution in [3.8, 4) is 0 Å². The molecule has 5 nitrogen and oxygen atoms in total. The van der Waals surface area contributed by atoms with E-state index >= 15 is 0 Å². The minimum Gasteiger partial charge on any atom is -0.307 e. The summed E-state index contributed by atoms with van der Waals surface area (Å²) in [7, 11) is 0. The molecule has 0 aromatic rings. The van der Waals surface area contributed by atoms with Crippen LogP contribution in [0, 0.1) is 0 Å². The summed E-state index contributed by atoms with van der Waals surface area (Å²) in [5.41, 5.74) is -1.30. The van der Waals surface area contributed by atoms with Crippen LogP contribution in [0.25, 0.3) is 0 Å². The van der Waals surface area contributed by atoms with Crippen molar-refractivity contribution in [1.82, 2.24) is 14.5 Å². The van der Waals surface area contributed by atoms with Crippen molar-refractivity contribution >= 4 is 24.8 Å². The Morgan fingerprint density at radius 3 is 1.76 bits per heavy atom. The maximum absolute atomic E-state index is 13.4. The Balaban J connectivity index is 1.81. The average Bonchev–Trinajstić information content (AvgIpc) is 2.76. The van der Waals surface area contributed by atoms with E-state index < -0.39 is 5.54 Å². The van der Waals surface area contributed by atoms with Crippen molar-refractivity contribution < 1.29 is 9.59 Å². The lowest BCUT2D eigenvalue weighted by Crippen LogP contribution is -2.67. The molecule has 168 valence electrons. The number of nitrogens with one attached hydrogen (secondary N) is 1. The van der Waals surface area contributed by atoms with E-state index in [1.807, 2.05) is 0 Å². The Bertz CT molecular complexity index is 560. The molecule has 2 aliphatic rings. The first-order chi connectivity index (χ1) is 13.5. The fourth-order valence-electron chi connectivity index (χ4n) is 5.51. The zero-order valence-corrected chi connectivity index (χ0v) is 20.2. The van der Waals surface area contributed by atoms with Crippen molar-refractivity contribution in [2.24, 2.45) is 0 Å². The number of thiol groups is 1. The van der Waals surface area contributed by atoms with Crippen LogP contribution in [0.3, 0.4) is 0 Å². The molecule has 3 amide bonds. The van der Waals surface area contributed by atoms with Gasteiger partial charge in [0.2, 0.25) is 0 Å². The second-order valence-corrected chi connectivity index (χ2v) is 10.9. The van der Waals surface area contributed by atoms with Crippen molar-refractivity contribution in [3.05, 3.63) is 0 Å². The number of carbonyl (C=O) groups is 2. The molecule has 6 heteroatoms. The Hall–Kier alpha value is -0.750. The molecule has 0 atom stereocenters. The molecule has 0 radical (unpaired) electrons. The molecule has 2 saturated heterocycles. The van der Waals surface area contributed by atoms with Crippen LogP contribution >= 0.6 is 12.8 Å². The third kappa shape index (κ3) is 6.13. The van der Waals surface area contributed by atoms with Gasteiger partial charge in [-0.05, 0) is 47.0 Å². The van der Waals surface area contributed by atoms with E-state index in [1.165, 1.54) is 60.6 Å². The number of unbranched alkanes of at least 4 members (excludes halogenated alkanes) is 9. The standard InChI is InChI=1S/C23H43N3O2S/c1-6-7-8-9-10-11-12-13-14-15-16-25-19(27)23(26(29)20(25)28)17-21(2,3)24-22(4,5)18-23/h24,29H,6-18H2,1-5H3. The fourth-order valence-corrected chi connectivity index (χ4v) is 5.85. The van der Waals surface area contributed by atoms with Crippen LogP contribution in [0.2, 0.25) is 0 Å². The fraction of sp³-hybridized carbons (Fsp3) is 0.913. The zero-order valence-electron chi connectivity index (χ0n) is 19.4. The maximum Gasteiger partial charge on any atom is 0.337 e. The predicted octanol–water partition coefficient (Wildman–Crippen LogP) is 5.70. The molecule has 29 heavy (non-hydrogen) atoms. The van der Waals surface area contributed by atoms with Gasteiger partial charge in [0.1, 0.15) is 5.54 Å². The van der Waals surface area contributed by atoms with Gasteiger partial charge in [0.25, 0.3) is 5.91 Å². The molecule has 2 fully saturated rings. The lowest BCUT2D eigenvalue weighted by atomic mass is 9.70. The Kier molecular flexibility index (Phi) is 8.49. The number of piperidine rings is 1. The van der Waals surface area contributed by atoms with Crippen LogP contribution in [0.4, 0.5) is 4.79 Å². The van der Waals surface area contributed by atoms with E-state index in [2.05, 4.69) is 52.8 Å². The molecular weight excluding hydrogens is 382 g/mol. The number of amides is 3. The second kappa shape index (κ2) is 10.0. The molecule has 0 aliphatic carbocycles. The Morgan fingerprint density at radius 1 is 0.828 bits per heavy atom. The van der Waals surface area contributed by atoms with Gasteiger partial charge in [-0.2, -0.15) is 0 Å². The lowest BCUT2D eigenvalue weighted by Gasteiger charge is -2.51. The summed E-state index contributed by atoms with van der Waals surface area (Å²) in [6, 6.07) is -0.247. The van der Waals surface area contributed by atoms with Crippen LogP contribution in [0.15, 0.2) is 0 Å². The highest BCUT2D eigenvalue weighted by atomic mass is 32.1. The monoisotopic (exact) mass is 425 g/mol. The molecule has 0 saturated carbocycles. The lowest BCUT2D eigenvalue weighted by molar-refractivity contribution is -0.136. The van der Waals surface area contributed by atoms with Gasteiger partial charge in [0.05, 0.1) is 0 Å². The number of carbonyl (C=O) groups excluding carboxylic acids is 2. The number of urea groups is 1. The summed E-state index contributed by atoms with van der Waals surface area (Å²) in [5, 5.41) is 3.60. The van der Waals surface area contributed by atoms with Gasteiger partial charge < -0.3 is 5.32 Å². The minimum atomic E-state index is -0.836. The first-order valence-corrected chi connectivity index (χ1v) is 12.1. The molecule has 0 aromatic carbocycles. The Morgan fingerprint density at radius 2 is 1.28 bits per heavy atom. The van der Waals surface area contributed by atoms with Gasteiger partial charge in [-0.15, -0.1) is 0 Å². The second-order valence-electron chi connectivity index (χ2n) is 10.5. The molecule has 1 N–H and O–H groups in total. The molecule has 0 aromatic heterocycles. The van der Waals surface area contributed by atoms with Crippen molar-refractivity contribution in [1.29, 1.82) is 0 Å². The number of nitrogens with zero attached hydrogens (tertiary/aromatic N) is 2. The van der Waals surface area contributed by atoms with Crippen molar-refractivity contribution in [2.75, 3.05) is 6.54 Å². The molecule has 2 heterocycles. The molecular formula is C23H43N3O2S. The van der Waals surface area contributed by atoms with Crippen LogP contribution < -0.4 is 5.32 Å². The normalized spacial score (nSPS) is 22.7. The van der Waals surface area contributed by atoms with Crippen LogP contribution in [0.5, 0.6) is 0 Å². The van der Waals surface area contributed by atoms with E-state index in [0.29, 0.717) is 19.4 Å². The first kappa shape index (κ1) is 24.5. The minimum absolute atomic E-state index is 0.0592. The summed E-state index contributed by atoms with van der Waals surface area (Å²) >= 11 is 4.51. The highest BCUT2D eigenvalue weighted by Gasteiger charge is 2.62. The number of rotatable bonds is 11. The van der Waals surface area contributed by atoms with E-state index in [-0.39, 0.29) is 23.0 Å². The van der Waals surface area contributed by atoms with Crippen molar-refractivity contribution in [3.63, 3.8) is 0 Å². The van der Waals surface area contributed by atoms with E-state index in [4.69, 9.17) is 0 Å². The summed E-state index contributed by atoms with van der Waals surface area (Å²) in [6.07, 6.45) is 13.6. The predicted molar refractivity (Wildman–Crippen MR) is 123 cm³/mol. The molecule has 1 spiro atoms. The topological polar surface area (TPSA) is 52.7 Å². The average molecular weight is 426 g/mol. The van der Waals surface area contributed by atoms with Crippen LogP contribution in [-0.2, 0) is 4.79 Å². The van der Waals surface area contributed by atoms with Crippen LogP contribution in [-0.4, -0.2) is 44.3 Å².